The van der Waals surface area contributed by atoms with Crippen molar-refractivity contribution >= 4 is 16.3 Å². The molecule has 5 heteroatoms. The Kier molecular flexibility index (Phi) is 5.36. The number of nitrogens with zero attached hydrogens (tertiary/aromatic N) is 2. The van der Waals surface area contributed by atoms with Gasteiger partial charge in [-0.05, 0) is 25.8 Å². The molecule has 0 radical (unpaired) electrons. The summed E-state index contributed by atoms with van der Waals surface area (Å²) in [5.41, 5.74) is 2.38. The van der Waals surface area contributed by atoms with Crippen LogP contribution in [-0.4, -0.2) is 29.1 Å². The number of hydrogen-bond acceptors (Lipinski definition) is 4. The summed E-state index contributed by atoms with van der Waals surface area (Å²) in [6.45, 7) is 9.96. The standard InChI is InChI=1S/C14H23N3OS/c1-11(2)10-18-7-4-5-15-9-13-12(3)16-14-17(13)6-8-19-14/h6,8,11,15H,4-5,7,9-10H2,1-3H3. The maximum atomic E-state index is 5.56. The van der Waals surface area contributed by atoms with Gasteiger partial charge in [0.25, 0.3) is 0 Å². The number of fused-ring (bicyclic) bond motifs is 1. The van der Waals surface area contributed by atoms with Crippen LogP contribution in [0.15, 0.2) is 11.6 Å². The molecule has 0 unspecified atom stereocenters. The Morgan fingerprint density at radius 3 is 3.11 bits per heavy atom. The van der Waals surface area contributed by atoms with E-state index in [4.69, 9.17) is 4.74 Å². The fourth-order valence-corrected chi connectivity index (χ4v) is 2.76. The van der Waals surface area contributed by atoms with Crippen LogP contribution in [0.5, 0.6) is 0 Å². The highest BCUT2D eigenvalue weighted by Crippen LogP contribution is 2.16. The summed E-state index contributed by atoms with van der Waals surface area (Å²) in [6, 6.07) is 0. The van der Waals surface area contributed by atoms with Gasteiger partial charge in [0.15, 0.2) is 4.96 Å². The number of nitrogens with one attached hydrogen (secondary N) is 1. The molecule has 0 fully saturated rings. The van der Waals surface area contributed by atoms with Crippen molar-refractivity contribution in [3.05, 3.63) is 23.0 Å². The Morgan fingerprint density at radius 2 is 2.32 bits per heavy atom. The van der Waals surface area contributed by atoms with E-state index in [1.54, 1.807) is 11.3 Å². The smallest absolute Gasteiger partial charge is 0.194 e. The second-order valence-corrected chi connectivity index (χ2v) is 6.07. The number of aromatic nitrogens is 2. The Bertz CT molecular complexity index is 504. The number of hydrogen-bond donors (Lipinski definition) is 1. The SMILES string of the molecule is Cc1nc2sccn2c1CNCCCOCC(C)C. The summed E-state index contributed by atoms with van der Waals surface area (Å²) in [7, 11) is 0. The number of ether oxygens (including phenoxy) is 1. The molecule has 0 aromatic carbocycles. The molecule has 2 aromatic heterocycles. The lowest BCUT2D eigenvalue weighted by Crippen LogP contribution is -2.18. The summed E-state index contributed by atoms with van der Waals surface area (Å²) < 4.78 is 7.73. The lowest BCUT2D eigenvalue weighted by atomic mass is 10.2. The average molecular weight is 281 g/mol. The summed E-state index contributed by atoms with van der Waals surface area (Å²) in [5, 5.41) is 5.54. The predicted molar refractivity (Wildman–Crippen MR) is 79.8 cm³/mol. The summed E-state index contributed by atoms with van der Waals surface area (Å²) in [4.78, 5) is 5.62. The van der Waals surface area contributed by atoms with Crippen LogP contribution in [0.2, 0.25) is 0 Å². The zero-order valence-electron chi connectivity index (χ0n) is 12.0. The summed E-state index contributed by atoms with van der Waals surface area (Å²) in [5.74, 6) is 0.620. The van der Waals surface area contributed by atoms with Crippen molar-refractivity contribution in [3.8, 4) is 0 Å². The minimum atomic E-state index is 0.620. The van der Waals surface area contributed by atoms with Crippen LogP contribution >= 0.6 is 11.3 Å². The molecule has 2 heterocycles. The highest BCUT2D eigenvalue weighted by molar-refractivity contribution is 7.15. The van der Waals surface area contributed by atoms with E-state index in [-0.39, 0.29) is 0 Å². The predicted octanol–water partition coefficient (Wildman–Crippen LogP) is 2.86. The van der Waals surface area contributed by atoms with E-state index >= 15 is 0 Å². The minimum Gasteiger partial charge on any atom is -0.381 e. The quantitative estimate of drug-likeness (QED) is 0.756. The summed E-state index contributed by atoms with van der Waals surface area (Å²) >= 11 is 1.68. The zero-order chi connectivity index (χ0) is 13.7. The molecule has 0 saturated carbocycles. The van der Waals surface area contributed by atoms with Crippen molar-refractivity contribution in [1.82, 2.24) is 14.7 Å². The zero-order valence-corrected chi connectivity index (χ0v) is 12.8. The van der Waals surface area contributed by atoms with Gasteiger partial charge in [0.1, 0.15) is 0 Å². The third-order valence-corrected chi connectivity index (χ3v) is 3.70. The molecule has 0 amide bonds. The van der Waals surface area contributed by atoms with E-state index < -0.39 is 0 Å². The highest BCUT2D eigenvalue weighted by Gasteiger charge is 2.08. The molecule has 0 bridgehead atoms. The monoisotopic (exact) mass is 281 g/mol. The minimum absolute atomic E-state index is 0.620. The maximum Gasteiger partial charge on any atom is 0.194 e. The van der Waals surface area contributed by atoms with Gasteiger partial charge in [-0.1, -0.05) is 13.8 Å². The number of rotatable bonds is 8. The van der Waals surface area contributed by atoms with Crippen LogP contribution in [0.4, 0.5) is 0 Å². The van der Waals surface area contributed by atoms with Gasteiger partial charge >= 0.3 is 0 Å². The molecule has 1 N–H and O–H groups in total. The first-order chi connectivity index (χ1) is 9.18. The molecule has 2 aromatic rings. The van der Waals surface area contributed by atoms with E-state index in [1.165, 1.54) is 5.69 Å². The van der Waals surface area contributed by atoms with Crippen LogP contribution in [0.25, 0.3) is 4.96 Å². The molecule has 2 rings (SSSR count). The number of thiazole rings is 1. The third kappa shape index (κ3) is 4.03. The molecule has 0 saturated heterocycles. The molecule has 0 aliphatic rings. The molecular formula is C14H23N3OS. The maximum absolute atomic E-state index is 5.56. The first kappa shape index (κ1) is 14.5. The van der Waals surface area contributed by atoms with E-state index in [9.17, 15) is 0 Å². The van der Waals surface area contributed by atoms with E-state index in [0.29, 0.717) is 5.92 Å². The fraction of sp³-hybridized carbons (Fsp3) is 0.643. The van der Waals surface area contributed by atoms with Crippen molar-refractivity contribution in [1.29, 1.82) is 0 Å². The van der Waals surface area contributed by atoms with Crippen LogP contribution < -0.4 is 5.32 Å². The molecule has 106 valence electrons. The Labute approximate surface area is 118 Å². The van der Waals surface area contributed by atoms with Gasteiger partial charge in [0, 0.05) is 31.3 Å². The fourth-order valence-electron chi connectivity index (χ4n) is 1.98. The van der Waals surface area contributed by atoms with E-state index in [0.717, 1.165) is 43.4 Å². The lowest BCUT2D eigenvalue weighted by molar-refractivity contribution is 0.108. The van der Waals surface area contributed by atoms with Crippen LogP contribution in [0.1, 0.15) is 31.7 Å². The van der Waals surface area contributed by atoms with Crippen molar-refractivity contribution in [2.45, 2.75) is 33.7 Å². The van der Waals surface area contributed by atoms with Gasteiger partial charge in [0.2, 0.25) is 0 Å². The van der Waals surface area contributed by atoms with Crippen molar-refractivity contribution in [2.75, 3.05) is 19.8 Å². The largest absolute Gasteiger partial charge is 0.381 e. The third-order valence-electron chi connectivity index (χ3n) is 2.95. The van der Waals surface area contributed by atoms with Crippen LogP contribution in [-0.2, 0) is 11.3 Å². The topological polar surface area (TPSA) is 38.6 Å². The Morgan fingerprint density at radius 1 is 1.47 bits per heavy atom. The van der Waals surface area contributed by atoms with Crippen molar-refractivity contribution in [2.24, 2.45) is 5.92 Å². The molecule has 0 spiro atoms. The first-order valence-corrected chi connectivity index (χ1v) is 7.76. The normalized spacial score (nSPS) is 11.8. The van der Waals surface area contributed by atoms with Crippen molar-refractivity contribution < 1.29 is 4.74 Å². The number of aryl methyl sites for hydroxylation is 1. The second-order valence-electron chi connectivity index (χ2n) is 5.20. The van der Waals surface area contributed by atoms with Gasteiger partial charge in [0.05, 0.1) is 11.4 Å². The Hall–Kier alpha value is -0.910. The second kappa shape index (κ2) is 7.03. The number of imidazole rings is 1. The highest BCUT2D eigenvalue weighted by atomic mass is 32.1. The van der Waals surface area contributed by atoms with E-state index in [1.807, 2.05) is 0 Å². The van der Waals surface area contributed by atoms with Crippen molar-refractivity contribution in [3.63, 3.8) is 0 Å². The lowest BCUT2D eigenvalue weighted by Gasteiger charge is -2.07. The van der Waals surface area contributed by atoms with E-state index in [2.05, 4.69) is 47.0 Å². The summed E-state index contributed by atoms with van der Waals surface area (Å²) in [6.07, 6.45) is 3.14. The van der Waals surface area contributed by atoms with Crippen LogP contribution in [0, 0.1) is 12.8 Å². The molecule has 0 aliphatic heterocycles. The van der Waals surface area contributed by atoms with Crippen LogP contribution in [0.3, 0.4) is 0 Å². The van der Waals surface area contributed by atoms with Gasteiger partial charge in [-0.2, -0.15) is 0 Å². The van der Waals surface area contributed by atoms with Gasteiger partial charge in [-0.25, -0.2) is 4.98 Å². The first-order valence-electron chi connectivity index (χ1n) is 6.88. The molecule has 0 aliphatic carbocycles. The molecule has 0 atom stereocenters. The average Bonchev–Trinajstić information content (AvgIpc) is 2.89. The molecule has 4 nitrogen and oxygen atoms in total. The Balaban J connectivity index is 1.68. The molecule has 19 heavy (non-hydrogen) atoms. The van der Waals surface area contributed by atoms with Gasteiger partial charge in [-0.3, -0.25) is 4.40 Å². The molecular weight excluding hydrogens is 258 g/mol. The van der Waals surface area contributed by atoms with Gasteiger partial charge < -0.3 is 10.1 Å². The van der Waals surface area contributed by atoms with Gasteiger partial charge in [-0.15, -0.1) is 11.3 Å².